The zero-order chi connectivity index (χ0) is 10.3. The van der Waals surface area contributed by atoms with E-state index in [1.165, 1.54) is 9.11 Å². The lowest BCUT2D eigenvalue weighted by Crippen LogP contribution is -2.14. The Kier molecular flexibility index (Phi) is 2.18. The molecule has 0 radical (unpaired) electrons. The summed E-state index contributed by atoms with van der Waals surface area (Å²) in [7, 11) is 0. The van der Waals surface area contributed by atoms with E-state index in [9.17, 15) is 4.79 Å². The molecule has 0 saturated heterocycles. The van der Waals surface area contributed by atoms with Gasteiger partial charge in [0.15, 0.2) is 0 Å². The molecule has 2 aromatic rings. The smallest absolute Gasteiger partial charge is 0.270 e. The Bertz CT molecular complexity index is 556. The lowest BCUT2D eigenvalue weighted by Gasteiger charge is -2.04. The van der Waals surface area contributed by atoms with Crippen LogP contribution >= 0.6 is 22.9 Å². The van der Waals surface area contributed by atoms with Gasteiger partial charge in [0.1, 0.15) is 6.33 Å². The number of anilines is 1. The fourth-order valence-corrected chi connectivity index (χ4v) is 1.73. The van der Waals surface area contributed by atoms with Crippen LogP contribution < -0.4 is 11.3 Å². The molecule has 0 spiro atoms. The van der Waals surface area contributed by atoms with Crippen molar-refractivity contribution in [1.29, 1.82) is 0 Å². The number of nitrogen functional groups attached to an aromatic ring is 1. The average molecular weight is 301 g/mol. The second kappa shape index (κ2) is 3.23. The SMILES string of the molecule is Cc1c(N)ccc2ncn(I)c(=O)c12. The van der Waals surface area contributed by atoms with Crippen LogP contribution in [0.1, 0.15) is 5.56 Å². The molecule has 2 rings (SSSR count). The molecule has 1 aromatic carbocycles. The minimum absolute atomic E-state index is 0.0691. The topological polar surface area (TPSA) is 60.9 Å². The molecule has 0 aliphatic carbocycles. The van der Waals surface area contributed by atoms with Gasteiger partial charge in [-0.2, -0.15) is 0 Å². The van der Waals surface area contributed by atoms with E-state index in [0.717, 1.165) is 5.56 Å². The van der Waals surface area contributed by atoms with Crippen molar-refractivity contribution in [3.05, 3.63) is 34.4 Å². The van der Waals surface area contributed by atoms with Crippen molar-refractivity contribution >= 4 is 39.5 Å². The Morgan fingerprint density at radius 1 is 1.50 bits per heavy atom. The fourth-order valence-electron chi connectivity index (χ4n) is 1.36. The summed E-state index contributed by atoms with van der Waals surface area (Å²) in [6.07, 6.45) is 1.50. The van der Waals surface area contributed by atoms with Crippen LogP contribution in [0.3, 0.4) is 0 Å². The lowest BCUT2D eigenvalue weighted by molar-refractivity contribution is 1.14. The Morgan fingerprint density at radius 3 is 2.93 bits per heavy atom. The van der Waals surface area contributed by atoms with Gasteiger partial charge >= 0.3 is 0 Å². The largest absolute Gasteiger partial charge is 0.398 e. The standard InChI is InChI=1S/C9H8IN3O/c1-5-6(11)2-3-7-8(5)9(14)13(10)4-12-7/h2-4H,11H2,1H3. The average Bonchev–Trinajstić information content (AvgIpc) is 2.17. The summed E-state index contributed by atoms with van der Waals surface area (Å²) in [4.78, 5) is 15.9. The van der Waals surface area contributed by atoms with E-state index in [-0.39, 0.29) is 5.56 Å². The molecule has 0 unspecified atom stereocenters. The summed E-state index contributed by atoms with van der Waals surface area (Å²) in [6, 6.07) is 3.53. The number of benzene rings is 1. The van der Waals surface area contributed by atoms with Crippen molar-refractivity contribution < 1.29 is 0 Å². The van der Waals surface area contributed by atoms with Crippen LogP contribution in [-0.4, -0.2) is 7.76 Å². The summed E-state index contributed by atoms with van der Waals surface area (Å²) in [5.74, 6) is 0. The van der Waals surface area contributed by atoms with Crippen molar-refractivity contribution in [3.8, 4) is 0 Å². The summed E-state index contributed by atoms with van der Waals surface area (Å²) in [6.45, 7) is 1.83. The van der Waals surface area contributed by atoms with Crippen LogP contribution in [-0.2, 0) is 0 Å². The van der Waals surface area contributed by atoms with Gasteiger partial charge in [-0.3, -0.25) is 4.79 Å². The van der Waals surface area contributed by atoms with E-state index >= 15 is 0 Å². The minimum atomic E-state index is -0.0691. The summed E-state index contributed by atoms with van der Waals surface area (Å²) in [5, 5.41) is 0.599. The fraction of sp³-hybridized carbons (Fsp3) is 0.111. The van der Waals surface area contributed by atoms with Gasteiger partial charge < -0.3 is 5.73 Å². The molecule has 1 aromatic heterocycles. The predicted octanol–water partition coefficient (Wildman–Crippen LogP) is 1.49. The van der Waals surface area contributed by atoms with E-state index in [1.807, 2.05) is 29.8 Å². The monoisotopic (exact) mass is 301 g/mol. The first kappa shape index (κ1) is 9.45. The number of aromatic nitrogens is 2. The summed E-state index contributed by atoms with van der Waals surface area (Å²) >= 11 is 1.90. The molecule has 0 bridgehead atoms. The Morgan fingerprint density at radius 2 is 2.21 bits per heavy atom. The highest BCUT2D eigenvalue weighted by Crippen LogP contribution is 2.18. The second-order valence-electron chi connectivity index (χ2n) is 3.03. The van der Waals surface area contributed by atoms with Crippen molar-refractivity contribution in [2.45, 2.75) is 6.92 Å². The summed E-state index contributed by atoms with van der Waals surface area (Å²) < 4.78 is 1.42. The van der Waals surface area contributed by atoms with Crippen molar-refractivity contribution in [2.24, 2.45) is 0 Å². The number of hydrogen-bond acceptors (Lipinski definition) is 3. The third kappa shape index (κ3) is 1.28. The van der Waals surface area contributed by atoms with Gasteiger partial charge in [-0.1, -0.05) is 0 Å². The molecular weight excluding hydrogens is 293 g/mol. The number of hydrogen-bond donors (Lipinski definition) is 1. The molecule has 14 heavy (non-hydrogen) atoms. The van der Waals surface area contributed by atoms with Crippen molar-refractivity contribution in [2.75, 3.05) is 5.73 Å². The Balaban J connectivity index is 3.06. The highest BCUT2D eigenvalue weighted by Gasteiger charge is 2.07. The maximum Gasteiger partial charge on any atom is 0.270 e. The second-order valence-corrected chi connectivity index (χ2v) is 4.07. The zero-order valence-corrected chi connectivity index (χ0v) is 9.65. The minimum Gasteiger partial charge on any atom is -0.398 e. The Hall–Kier alpha value is -1.11. The van der Waals surface area contributed by atoms with E-state index in [0.29, 0.717) is 16.6 Å². The predicted molar refractivity (Wildman–Crippen MR) is 64.6 cm³/mol. The molecule has 0 atom stereocenters. The van der Waals surface area contributed by atoms with Gasteiger partial charge in [-0.25, -0.2) is 7.76 Å². The third-order valence-electron chi connectivity index (χ3n) is 2.19. The van der Waals surface area contributed by atoms with Crippen LogP contribution in [0.15, 0.2) is 23.3 Å². The lowest BCUT2D eigenvalue weighted by atomic mass is 10.1. The maximum atomic E-state index is 11.8. The molecule has 0 aliphatic rings. The quantitative estimate of drug-likeness (QED) is 0.592. The zero-order valence-electron chi connectivity index (χ0n) is 7.49. The number of nitrogens with two attached hydrogens (primary N) is 1. The number of halogens is 1. The third-order valence-corrected chi connectivity index (χ3v) is 2.88. The first-order chi connectivity index (χ1) is 6.61. The van der Waals surface area contributed by atoms with Gasteiger partial charge in [-0.15, -0.1) is 0 Å². The van der Waals surface area contributed by atoms with Crippen molar-refractivity contribution in [1.82, 2.24) is 7.76 Å². The van der Waals surface area contributed by atoms with Crippen LogP contribution in [0.5, 0.6) is 0 Å². The normalized spacial score (nSPS) is 10.7. The van der Waals surface area contributed by atoms with Crippen LogP contribution in [0.25, 0.3) is 10.9 Å². The molecule has 5 heteroatoms. The molecule has 1 heterocycles. The summed E-state index contributed by atoms with van der Waals surface area (Å²) in [5.41, 5.74) is 7.77. The number of fused-ring (bicyclic) bond motifs is 1. The number of nitrogens with zero attached hydrogens (tertiary/aromatic N) is 2. The number of aryl methyl sites for hydroxylation is 1. The van der Waals surface area contributed by atoms with Crippen molar-refractivity contribution in [3.63, 3.8) is 0 Å². The van der Waals surface area contributed by atoms with E-state index in [2.05, 4.69) is 4.98 Å². The first-order valence-electron chi connectivity index (χ1n) is 4.04. The molecule has 72 valence electrons. The maximum absolute atomic E-state index is 11.8. The molecule has 0 fully saturated rings. The van der Waals surface area contributed by atoms with Crippen LogP contribution in [0, 0.1) is 6.92 Å². The van der Waals surface area contributed by atoms with Crippen LogP contribution in [0.2, 0.25) is 0 Å². The van der Waals surface area contributed by atoms with Gasteiger partial charge in [0.05, 0.1) is 33.8 Å². The molecular formula is C9H8IN3O. The van der Waals surface area contributed by atoms with E-state index < -0.39 is 0 Å². The van der Waals surface area contributed by atoms with Gasteiger partial charge in [0.25, 0.3) is 5.56 Å². The first-order valence-corrected chi connectivity index (χ1v) is 5.00. The molecule has 0 amide bonds. The highest BCUT2D eigenvalue weighted by atomic mass is 127. The van der Waals surface area contributed by atoms with Gasteiger partial charge in [-0.05, 0) is 24.6 Å². The van der Waals surface area contributed by atoms with E-state index in [4.69, 9.17) is 5.73 Å². The molecule has 0 aliphatic heterocycles. The van der Waals surface area contributed by atoms with Crippen LogP contribution in [0.4, 0.5) is 5.69 Å². The van der Waals surface area contributed by atoms with E-state index in [1.54, 1.807) is 12.1 Å². The van der Waals surface area contributed by atoms with Gasteiger partial charge in [0, 0.05) is 5.69 Å². The molecule has 4 nitrogen and oxygen atoms in total. The number of rotatable bonds is 0. The molecule has 2 N–H and O–H groups in total. The Labute approximate surface area is 94.2 Å². The molecule has 0 saturated carbocycles. The highest BCUT2D eigenvalue weighted by molar-refractivity contribution is 14.1. The van der Waals surface area contributed by atoms with Gasteiger partial charge in [0.2, 0.25) is 0 Å².